The minimum absolute atomic E-state index is 0.0245. The number of nitrogens with one attached hydrogen (secondary N) is 2. The van der Waals surface area contributed by atoms with Crippen molar-refractivity contribution in [2.24, 2.45) is 0 Å². The second-order valence-electron chi connectivity index (χ2n) is 6.68. The molecule has 0 fully saturated rings. The van der Waals surface area contributed by atoms with E-state index in [-0.39, 0.29) is 24.0 Å². The summed E-state index contributed by atoms with van der Waals surface area (Å²) in [5.74, 6) is -0.292. The van der Waals surface area contributed by atoms with Crippen LogP contribution in [0.4, 0.5) is 19.0 Å². The van der Waals surface area contributed by atoms with E-state index in [1.807, 2.05) is 13.8 Å². The zero-order chi connectivity index (χ0) is 19.8. The average Bonchev–Trinajstić information content (AvgIpc) is 3.04. The lowest BCUT2D eigenvalue weighted by Gasteiger charge is -2.33. The van der Waals surface area contributed by atoms with E-state index >= 15 is 0 Å². The Bertz CT molecular complexity index is 819. The van der Waals surface area contributed by atoms with Crippen LogP contribution in [0.3, 0.4) is 0 Å². The molecule has 0 bridgehead atoms. The van der Waals surface area contributed by atoms with Crippen molar-refractivity contribution in [3.63, 3.8) is 0 Å². The summed E-state index contributed by atoms with van der Waals surface area (Å²) in [4.78, 5) is 12.3. The molecule has 0 spiro atoms. The van der Waals surface area contributed by atoms with E-state index in [4.69, 9.17) is 0 Å². The van der Waals surface area contributed by atoms with Gasteiger partial charge in [-0.15, -0.1) is 0 Å². The lowest BCUT2D eigenvalue weighted by atomic mass is 9.97. The molecule has 146 valence electrons. The minimum atomic E-state index is -4.47. The largest absolute Gasteiger partial charge is 0.410 e. The average molecular weight is 445 g/mol. The molecule has 0 saturated heterocycles. The molecule has 0 unspecified atom stereocenters. The number of fused-ring (bicyclic) bond motifs is 1. The maximum absolute atomic E-state index is 13.7. The summed E-state index contributed by atoms with van der Waals surface area (Å²) in [6.45, 7) is 3.74. The molecule has 0 aliphatic carbocycles. The summed E-state index contributed by atoms with van der Waals surface area (Å²) in [6.07, 6.45) is -3.96. The number of nitrogens with zero attached hydrogens (tertiary/aromatic N) is 2. The van der Waals surface area contributed by atoms with Crippen molar-refractivity contribution in [2.75, 3.05) is 5.32 Å². The van der Waals surface area contributed by atoms with Crippen LogP contribution >= 0.6 is 15.9 Å². The van der Waals surface area contributed by atoms with Crippen LogP contribution < -0.4 is 10.6 Å². The van der Waals surface area contributed by atoms with E-state index in [1.165, 1.54) is 6.07 Å². The smallest absolute Gasteiger partial charge is 0.363 e. The zero-order valence-corrected chi connectivity index (χ0v) is 16.4. The predicted octanol–water partition coefficient (Wildman–Crippen LogP) is 4.83. The van der Waals surface area contributed by atoms with Gasteiger partial charge in [0.15, 0.2) is 11.7 Å². The highest BCUT2D eigenvalue weighted by Crippen LogP contribution is 2.43. The molecule has 3 rings (SSSR count). The van der Waals surface area contributed by atoms with Gasteiger partial charge in [0.1, 0.15) is 5.82 Å². The summed E-state index contributed by atoms with van der Waals surface area (Å²) in [6, 6.07) is 6.09. The first-order valence-electron chi connectivity index (χ1n) is 8.68. The number of anilines is 1. The molecular weight excluding hydrogens is 425 g/mol. The number of hydrogen-bond acceptors (Lipinski definition) is 3. The number of carbonyl (C=O) groups excluding carboxylic acids is 1. The maximum atomic E-state index is 13.7. The third-order valence-electron chi connectivity index (χ3n) is 4.68. The first-order valence-corrected chi connectivity index (χ1v) is 9.47. The van der Waals surface area contributed by atoms with Crippen LogP contribution in [0.2, 0.25) is 0 Å². The summed E-state index contributed by atoms with van der Waals surface area (Å²) in [5.41, 5.74) is 0.717. The number of amides is 1. The summed E-state index contributed by atoms with van der Waals surface area (Å²) < 4.78 is 42.7. The lowest BCUT2D eigenvalue weighted by molar-refractivity contribution is -0.173. The SMILES string of the molecule is CC[C@H](C)NC(=O)c1cc2n(n1)[C@H](C(F)(F)F)C[C@H](c1ccc(Br)cc1)N2. The van der Waals surface area contributed by atoms with E-state index in [9.17, 15) is 18.0 Å². The molecule has 1 aromatic carbocycles. The number of alkyl halides is 3. The predicted molar refractivity (Wildman–Crippen MR) is 99.7 cm³/mol. The molecule has 3 atom stereocenters. The molecule has 1 aliphatic rings. The van der Waals surface area contributed by atoms with Gasteiger partial charge in [-0.25, -0.2) is 4.68 Å². The van der Waals surface area contributed by atoms with Gasteiger partial charge >= 0.3 is 6.18 Å². The van der Waals surface area contributed by atoms with E-state index in [2.05, 4.69) is 31.7 Å². The standard InChI is InChI=1S/C18H20BrF3N4O/c1-3-10(2)23-17(27)14-9-16-24-13(11-4-6-12(19)7-5-11)8-15(18(20,21)22)26(16)25-14/h4-7,9-10,13,15,24H,3,8H2,1-2H3,(H,23,27)/t10-,13+,15-/m0/s1. The molecule has 27 heavy (non-hydrogen) atoms. The molecule has 1 aromatic heterocycles. The van der Waals surface area contributed by atoms with Gasteiger partial charge in [-0.2, -0.15) is 18.3 Å². The Balaban J connectivity index is 1.93. The van der Waals surface area contributed by atoms with Crippen LogP contribution in [0, 0.1) is 0 Å². The second-order valence-corrected chi connectivity index (χ2v) is 7.60. The van der Waals surface area contributed by atoms with Crippen LogP contribution in [0.1, 0.15) is 54.8 Å². The molecule has 0 radical (unpaired) electrons. The van der Waals surface area contributed by atoms with Gasteiger partial charge in [0.2, 0.25) is 0 Å². The quantitative estimate of drug-likeness (QED) is 0.709. The van der Waals surface area contributed by atoms with Crippen molar-refractivity contribution in [3.8, 4) is 0 Å². The first kappa shape index (κ1) is 19.7. The Morgan fingerprint density at radius 1 is 1.41 bits per heavy atom. The molecule has 2 N–H and O–H groups in total. The molecule has 1 amide bonds. The third-order valence-corrected chi connectivity index (χ3v) is 5.21. The lowest BCUT2D eigenvalue weighted by Crippen LogP contribution is -2.36. The highest BCUT2D eigenvalue weighted by Gasteiger charge is 2.46. The van der Waals surface area contributed by atoms with Crippen molar-refractivity contribution >= 4 is 27.7 Å². The zero-order valence-electron chi connectivity index (χ0n) is 14.8. The van der Waals surface area contributed by atoms with Crippen LogP contribution in [0.5, 0.6) is 0 Å². The molecular formula is C18H20BrF3N4O. The van der Waals surface area contributed by atoms with Gasteiger partial charge in [-0.3, -0.25) is 4.79 Å². The van der Waals surface area contributed by atoms with Crippen molar-refractivity contribution in [1.82, 2.24) is 15.1 Å². The Morgan fingerprint density at radius 2 is 2.07 bits per heavy atom. The molecule has 5 nitrogen and oxygen atoms in total. The molecule has 2 aromatic rings. The van der Waals surface area contributed by atoms with Crippen molar-refractivity contribution in [1.29, 1.82) is 0 Å². The highest BCUT2D eigenvalue weighted by atomic mass is 79.9. The summed E-state index contributed by atoms with van der Waals surface area (Å²) in [7, 11) is 0. The number of hydrogen-bond donors (Lipinski definition) is 2. The summed E-state index contributed by atoms with van der Waals surface area (Å²) >= 11 is 3.32. The Morgan fingerprint density at radius 3 is 2.67 bits per heavy atom. The Kier molecular flexibility index (Phi) is 5.50. The topological polar surface area (TPSA) is 59.0 Å². The summed E-state index contributed by atoms with van der Waals surface area (Å²) in [5, 5.41) is 9.75. The van der Waals surface area contributed by atoms with Gasteiger partial charge < -0.3 is 10.6 Å². The maximum Gasteiger partial charge on any atom is 0.410 e. The fraction of sp³-hybridized carbons (Fsp3) is 0.444. The van der Waals surface area contributed by atoms with Crippen LogP contribution in [0.25, 0.3) is 0 Å². The van der Waals surface area contributed by atoms with Gasteiger partial charge in [-0.05, 0) is 31.0 Å². The fourth-order valence-corrected chi connectivity index (χ4v) is 3.26. The van der Waals surface area contributed by atoms with E-state index in [0.29, 0.717) is 6.42 Å². The highest BCUT2D eigenvalue weighted by molar-refractivity contribution is 9.10. The number of benzene rings is 1. The van der Waals surface area contributed by atoms with Crippen molar-refractivity contribution in [2.45, 2.75) is 51.0 Å². The van der Waals surface area contributed by atoms with Crippen molar-refractivity contribution < 1.29 is 18.0 Å². The van der Waals surface area contributed by atoms with E-state index in [0.717, 1.165) is 14.7 Å². The molecule has 1 aliphatic heterocycles. The van der Waals surface area contributed by atoms with Gasteiger partial charge in [-0.1, -0.05) is 35.0 Å². The number of carbonyl (C=O) groups is 1. The second kappa shape index (κ2) is 7.53. The number of aromatic nitrogens is 2. The fourth-order valence-electron chi connectivity index (χ4n) is 3.00. The molecule has 9 heteroatoms. The number of rotatable bonds is 4. The van der Waals surface area contributed by atoms with Crippen LogP contribution in [0.15, 0.2) is 34.8 Å². The van der Waals surface area contributed by atoms with Crippen LogP contribution in [-0.4, -0.2) is 27.9 Å². The normalized spacial score (nSPS) is 20.5. The van der Waals surface area contributed by atoms with E-state index < -0.39 is 24.2 Å². The molecule has 0 saturated carbocycles. The van der Waals surface area contributed by atoms with E-state index in [1.54, 1.807) is 24.3 Å². The first-order chi connectivity index (χ1) is 12.7. The monoisotopic (exact) mass is 444 g/mol. The molecule has 2 heterocycles. The van der Waals surface area contributed by atoms with Gasteiger partial charge in [0.25, 0.3) is 5.91 Å². The van der Waals surface area contributed by atoms with Crippen molar-refractivity contribution in [3.05, 3.63) is 46.1 Å². The number of halogens is 4. The Hall–Kier alpha value is -2.03. The van der Waals surface area contributed by atoms with Gasteiger partial charge in [0.05, 0.1) is 6.04 Å². The van der Waals surface area contributed by atoms with Gasteiger partial charge in [0, 0.05) is 23.0 Å². The van der Waals surface area contributed by atoms with Crippen LogP contribution in [-0.2, 0) is 0 Å². The third kappa shape index (κ3) is 4.28. The minimum Gasteiger partial charge on any atom is -0.363 e. The Labute approximate surface area is 163 Å².